The van der Waals surface area contributed by atoms with Crippen molar-refractivity contribution in [1.82, 2.24) is 20.2 Å². The van der Waals surface area contributed by atoms with Crippen LogP contribution in [0.5, 0.6) is 0 Å². The number of likely N-dealkylation sites (tertiary alicyclic amines) is 1. The van der Waals surface area contributed by atoms with Crippen molar-refractivity contribution in [3.63, 3.8) is 0 Å². The van der Waals surface area contributed by atoms with Crippen molar-refractivity contribution in [2.24, 2.45) is 0 Å². The maximum absolute atomic E-state index is 12.5. The molecule has 7 nitrogen and oxygen atoms in total. The number of piperidine rings is 1. The lowest BCUT2D eigenvalue weighted by Gasteiger charge is -2.33. The Morgan fingerprint density at radius 2 is 2.24 bits per heavy atom. The van der Waals surface area contributed by atoms with Crippen molar-refractivity contribution in [2.45, 2.75) is 31.7 Å². The molecule has 0 aromatic carbocycles. The van der Waals surface area contributed by atoms with Crippen LogP contribution < -0.4 is 10.6 Å². The van der Waals surface area contributed by atoms with Crippen LogP contribution in [0.15, 0.2) is 29.1 Å². The molecular formula is C18H23N5O2. The summed E-state index contributed by atoms with van der Waals surface area (Å²) in [5, 5.41) is 6.97. The molecule has 1 atom stereocenters. The van der Waals surface area contributed by atoms with Gasteiger partial charge >= 0.3 is 0 Å². The molecule has 1 amide bonds. The van der Waals surface area contributed by atoms with E-state index >= 15 is 0 Å². The van der Waals surface area contributed by atoms with Crippen molar-refractivity contribution >= 4 is 11.7 Å². The van der Waals surface area contributed by atoms with Gasteiger partial charge in [0.25, 0.3) is 5.91 Å². The number of anilines is 1. The molecular weight excluding hydrogens is 318 g/mol. The van der Waals surface area contributed by atoms with E-state index in [-0.39, 0.29) is 11.9 Å². The van der Waals surface area contributed by atoms with Gasteiger partial charge in [0.1, 0.15) is 12.1 Å². The highest BCUT2D eigenvalue weighted by molar-refractivity contribution is 5.91. The summed E-state index contributed by atoms with van der Waals surface area (Å²) >= 11 is 0. The zero-order chi connectivity index (χ0) is 17.1. The molecule has 2 N–H and O–H groups in total. The van der Waals surface area contributed by atoms with Crippen LogP contribution in [0.2, 0.25) is 0 Å². The Morgan fingerprint density at radius 1 is 1.32 bits per heavy atom. The lowest BCUT2D eigenvalue weighted by atomic mass is 10.0. The van der Waals surface area contributed by atoms with E-state index < -0.39 is 0 Å². The number of rotatable bonds is 3. The van der Waals surface area contributed by atoms with Crippen LogP contribution in [0.1, 0.15) is 34.7 Å². The summed E-state index contributed by atoms with van der Waals surface area (Å²) in [6, 6.07) is 3.66. The highest BCUT2D eigenvalue weighted by Crippen LogP contribution is 2.22. The van der Waals surface area contributed by atoms with E-state index in [0.29, 0.717) is 12.3 Å². The summed E-state index contributed by atoms with van der Waals surface area (Å²) in [6.45, 7) is 3.33. The van der Waals surface area contributed by atoms with E-state index in [1.165, 1.54) is 11.8 Å². The molecule has 4 rings (SSSR count). The molecule has 0 spiro atoms. The van der Waals surface area contributed by atoms with Crippen molar-refractivity contribution in [1.29, 1.82) is 0 Å². The minimum Gasteiger partial charge on any atom is -0.459 e. The SMILES string of the molecule is O=C(c1ccco1)N1CCC[C@H](Nc2ncnc3c2CCNCC3)C1. The van der Waals surface area contributed by atoms with E-state index in [1.54, 1.807) is 18.5 Å². The molecule has 0 radical (unpaired) electrons. The van der Waals surface area contributed by atoms with Gasteiger partial charge in [-0.25, -0.2) is 9.97 Å². The van der Waals surface area contributed by atoms with Gasteiger partial charge in [0, 0.05) is 37.7 Å². The van der Waals surface area contributed by atoms with Crippen molar-refractivity contribution in [3.8, 4) is 0 Å². The third kappa shape index (κ3) is 3.51. The van der Waals surface area contributed by atoms with Crippen LogP contribution in [0.25, 0.3) is 0 Å². The summed E-state index contributed by atoms with van der Waals surface area (Å²) in [5.74, 6) is 1.29. The molecule has 4 heterocycles. The highest BCUT2D eigenvalue weighted by atomic mass is 16.3. The molecule has 25 heavy (non-hydrogen) atoms. The number of aromatic nitrogens is 2. The first-order valence-electron chi connectivity index (χ1n) is 8.94. The molecule has 132 valence electrons. The summed E-state index contributed by atoms with van der Waals surface area (Å²) in [5.41, 5.74) is 2.34. The lowest BCUT2D eigenvalue weighted by molar-refractivity contribution is 0.0682. The summed E-state index contributed by atoms with van der Waals surface area (Å²) in [6.07, 6.45) is 7.04. The van der Waals surface area contributed by atoms with Gasteiger partial charge in [-0.2, -0.15) is 0 Å². The highest BCUT2D eigenvalue weighted by Gasteiger charge is 2.27. The molecule has 0 saturated carbocycles. The normalized spacial score (nSPS) is 20.6. The average Bonchev–Trinajstić information content (AvgIpc) is 3.07. The molecule has 1 fully saturated rings. The number of carbonyl (C=O) groups is 1. The van der Waals surface area contributed by atoms with Gasteiger partial charge in [-0.1, -0.05) is 0 Å². The number of fused-ring (bicyclic) bond motifs is 1. The lowest BCUT2D eigenvalue weighted by Crippen LogP contribution is -2.45. The van der Waals surface area contributed by atoms with E-state index in [9.17, 15) is 4.79 Å². The third-order valence-electron chi connectivity index (χ3n) is 4.91. The predicted octanol–water partition coefficient (Wildman–Crippen LogP) is 1.47. The second kappa shape index (κ2) is 7.23. The van der Waals surface area contributed by atoms with Crippen molar-refractivity contribution in [2.75, 3.05) is 31.5 Å². The van der Waals surface area contributed by atoms with Gasteiger partial charge in [-0.3, -0.25) is 4.79 Å². The van der Waals surface area contributed by atoms with E-state index in [2.05, 4.69) is 20.6 Å². The maximum Gasteiger partial charge on any atom is 0.289 e. The average molecular weight is 341 g/mol. The van der Waals surface area contributed by atoms with Crippen molar-refractivity contribution < 1.29 is 9.21 Å². The number of amides is 1. The van der Waals surface area contributed by atoms with Gasteiger partial charge < -0.3 is 20.0 Å². The Balaban J connectivity index is 1.47. The number of furan rings is 1. The second-order valence-corrected chi connectivity index (χ2v) is 6.61. The largest absolute Gasteiger partial charge is 0.459 e. The fourth-order valence-electron chi connectivity index (χ4n) is 3.63. The zero-order valence-corrected chi connectivity index (χ0v) is 14.2. The first-order valence-corrected chi connectivity index (χ1v) is 8.94. The van der Waals surface area contributed by atoms with Gasteiger partial charge in [0.2, 0.25) is 0 Å². The van der Waals surface area contributed by atoms with E-state index in [0.717, 1.165) is 56.8 Å². The number of hydrogen-bond donors (Lipinski definition) is 2. The fourth-order valence-corrected chi connectivity index (χ4v) is 3.63. The number of carbonyl (C=O) groups excluding carboxylic acids is 1. The van der Waals surface area contributed by atoms with E-state index in [4.69, 9.17) is 4.42 Å². The van der Waals surface area contributed by atoms with Crippen LogP contribution in [-0.2, 0) is 12.8 Å². The van der Waals surface area contributed by atoms with Crippen LogP contribution in [0.4, 0.5) is 5.82 Å². The predicted molar refractivity (Wildman–Crippen MR) is 93.6 cm³/mol. The molecule has 0 aliphatic carbocycles. The van der Waals surface area contributed by atoms with Crippen molar-refractivity contribution in [3.05, 3.63) is 41.7 Å². The van der Waals surface area contributed by atoms with Gasteiger partial charge in [-0.05, 0) is 37.9 Å². The molecule has 2 aromatic heterocycles. The Hall–Kier alpha value is -2.41. The van der Waals surface area contributed by atoms with Gasteiger partial charge in [0.05, 0.1) is 12.0 Å². The topological polar surface area (TPSA) is 83.3 Å². The summed E-state index contributed by atoms with van der Waals surface area (Å²) in [4.78, 5) is 23.3. The summed E-state index contributed by atoms with van der Waals surface area (Å²) in [7, 11) is 0. The molecule has 0 bridgehead atoms. The Bertz CT molecular complexity index is 731. The van der Waals surface area contributed by atoms with Crippen LogP contribution in [-0.4, -0.2) is 53.0 Å². The molecule has 1 saturated heterocycles. The number of nitrogens with one attached hydrogen (secondary N) is 2. The second-order valence-electron chi connectivity index (χ2n) is 6.61. The Kier molecular flexibility index (Phi) is 4.65. The smallest absolute Gasteiger partial charge is 0.289 e. The quantitative estimate of drug-likeness (QED) is 0.880. The summed E-state index contributed by atoms with van der Waals surface area (Å²) < 4.78 is 5.25. The molecule has 2 aliphatic rings. The van der Waals surface area contributed by atoms with Crippen LogP contribution >= 0.6 is 0 Å². The molecule has 7 heteroatoms. The van der Waals surface area contributed by atoms with E-state index in [1.807, 2.05) is 4.90 Å². The first-order chi connectivity index (χ1) is 12.3. The van der Waals surface area contributed by atoms with Crippen LogP contribution in [0.3, 0.4) is 0 Å². The first kappa shape index (κ1) is 16.1. The minimum atomic E-state index is -0.0396. The monoisotopic (exact) mass is 341 g/mol. The third-order valence-corrected chi connectivity index (χ3v) is 4.91. The molecule has 2 aliphatic heterocycles. The minimum absolute atomic E-state index is 0.0396. The fraction of sp³-hybridized carbons (Fsp3) is 0.500. The molecule has 0 unspecified atom stereocenters. The zero-order valence-electron chi connectivity index (χ0n) is 14.2. The maximum atomic E-state index is 12.5. The number of nitrogens with zero attached hydrogens (tertiary/aromatic N) is 3. The Morgan fingerprint density at radius 3 is 3.12 bits per heavy atom. The Labute approximate surface area is 146 Å². The number of hydrogen-bond acceptors (Lipinski definition) is 6. The molecule has 2 aromatic rings. The van der Waals surface area contributed by atoms with Gasteiger partial charge in [-0.15, -0.1) is 0 Å². The van der Waals surface area contributed by atoms with Crippen LogP contribution in [0, 0.1) is 0 Å². The van der Waals surface area contributed by atoms with Gasteiger partial charge in [0.15, 0.2) is 5.76 Å². The standard InChI is InChI=1S/C18H23N5O2/c24-18(16-4-2-10-25-16)23-9-1-3-13(11-23)22-17-14-5-7-19-8-6-15(14)20-12-21-17/h2,4,10,12-13,19H,1,3,5-9,11H2,(H,20,21,22)/t13-/m0/s1.